The van der Waals surface area contributed by atoms with E-state index in [0.717, 1.165) is 29.3 Å². The first-order valence-corrected chi connectivity index (χ1v) is 8.68. The van der Waals surface area contributed by atoms with Gasteiger partial charge in [0.1, 0.15) is 5.60 Å². The Labute approximate surface area is 147 Å². The van der Waals surface area contributed by atoms with Gasteiger partial charge in [0, 0.05) is 11.6 Å². The summed E-state index contributed by atoms with van der Waals surface area (Å²) in [4.78, 5) is 24.8. The summed E-state index contributed by atoms with van der Waals surface area (Å²) in [5.41, 5.74) is 2.21. The molecule has 0 radical (unpaired) electrons. The lowest BCUT2D eigenvalue weighted by molar-refractivity contribution is -0.141. The number of esters is 1. The van der Waals surface area contributed by atoms with Crippen LogP contribution in [0.5, 0.6) is 0 Å². The second kappa shape index (κ2) is 6.21. The molecule has 1 aromatic carbocycles. The molecule has 1 atom stereocenters. The number of hydrogen-bond donors (Lipinski definition) is 0. The van der Waals surface area contributed by atoms with Crippen LogP contribution < -0.4 is 0 Å². The largest absolute Gasteiger partial charge is 0.469 e. The van der Waals surface area contributed by atoms with E-state index in [1.165, 1.54) is 17.2 Å². The van der Waals surface area contributed by atoms with Crippen molar-refractivity contribution in [1.82, 2.24) is 4.57 Å². The van der Waals surface area contributed by atoms with Crippen LogP contribution in [0.1, 0.15) is 63.5 Å². The molecule has 134 valence electrons. The Hall–Kier alpha value is -2.30. The molecule has 0 saturated heterocycles. The monoisotopic (exact) mass is 343 g/mol. The number of rotatable bonds is 3. The summed E-state index contributed by atoms with van der Waals surface area (Å²) < 4.78 is 12.0. The van der Waals surface area contributed by atoms with E-state index < -0.39 is 17.6 Å². The normalized spacial score (nSPS) is 15.9. The van der Waals surface area contributed by atoms with E-state index in [4.69, 9.17) is 9.47 Å². The van der Waals surface area contributed by atoms with Crippen LogP contribution in [0.25, 0.3) is 10.9 Å². The van der Waals surface area contributed by atoms with E-state index >= 15 is 0 Å². The molecule has 1 fully saturated rings. The van der Waals surface area contributed by atoms with Crippen LogP contribution in [0.4, 0.5) is 4.79 Å². The summed E-state index contributed by atoms with van der Waals surface area (Å²) >= 11 is 0. The number of fused-ring (bicyclic) bond motifs is 1. The predicted octanol–water partition coefficient (Wildman–Crippen LogP) is 4.58. The molecule has 0 aliphatic heterocycles. The summed E-state index contributed by atoms with van der Waals surface area (Å²) in [5, 5.41) is 0.980. The molecule has 0 bridgehead atoms. The summed E-state index contributed by atoms with van der Waals surface area (Å²) in [7, 11) is 1.38. The quantitative estimate of drug-likeness (QED) is 0.766. The van der Waals surface area contributed by atoms with E-state index in [1.807, 2.05) is 39.8 Å². The van der Waals surface area contributed by atoms with Crippen LogP contribution in [0.3, 0.4) is 0 Å². The topological polar surface area (TPSA) is 57.5 Å². The van der Waals surface area contributed by atoms with Crippen molar-refractivity contribution in [3.8, 4) is 0 Å². The van der Waals surface area contributed by atoms with Crippen LogP contribution in [0.15, 0.2) is 24.4 Å². The minimum absolute atomic E-state index is 0.311. The molecule has 1 aliphatic rings. The van der Waals surface area contributed by atoms with Crippen molar-refractivity contribution in [2.75, 3.05) is 7.11 Å². The summed E-state index contributed by atoms with van der Waals surface area (Å²) in [6, 6.07) is 5.95. The lowest BCUT2D eigenvalue weighted by Gasteiger charge is -2.19. The smallest absolute Gasteiger partial charge is 0.419 e. The van der Waals surface area contributed by atoms with E-state index in [2.05, 4.69) is 6.07 Å². The molecule has 0 amide bonds. The Bertz CT molecular complexity index is 824. The predicted molar refractivity (Wildman–Crippen MR) is 96.0 cm³/mol. The fraction of sp³-hybridized carbons (Fsp3) is 0.500. The minimum atomic E-state index is -0.587. The van der Waals surface area contributed by atoms with Crippen molar-refractivity contribution in [2.45, 2.75) is 58.0 Å². The average Bonchev–Trinajstić information content (AvgIpc) is 3.31. The van der Waals surface area contributed by atoms with Gasteiger partial charge < -0.3 is 9.47 Å². The standard InChI is InChI=1S/C20H25NO4/c1-12(18(22)24-5)15-11-21(19(23)25-20(2,3)4)16-8-6-7-14(17(15)16)13-9-10-13/h6-8,11-13H,9-10H2,1-5H3. The zero-order valence-electron chi connectivity index (χ0n) is 15.5. The molecule has 25 heavy (non-hydrogen) atoms. The molecular formula is C20H25NO4. The fourth-order valence-corrected chi connectivity index (χ4v) is 3.17. The van der Waals surface area contributed by atoms with Gasteiger partial charge in [-0.25, -0.2) is 4.79 Å². The number of benzene rings is 1. The van der Waals surface area contributed by atoms with Crippen LogP contribution in [0, 0.1) is 0 Å². The molecule has 0 N–H and O–H groups in total. The maximum atomic E-state index is 12.7. The van der Waals surface area contributed by atoms with Gasteiger partial charge in [-0.2, -0.15) is 0 Å². The lowest BCUT2D eigenvalue weighted by Crippen LogP contribution is -2.26. The molecule has 1 saturated carbocycles. The van der Waals surface area contributed by atoms with Gasteiger partial charge in [-0.1, -0.05) is 12.1 Å². The molecule has 0 spiro atoms. The van der Waals surface area contributed by atoms with Crippen LogP contribution >= 0.6 is 0 Å². The van der Waals surface area contributed by atoms with Gasteiger partial charge in [0.25, 0.3) is 0 Å². The van der Waals surface area contributed by atoms with Gasteiger partial charge in [0.05, 0.1) is 18.5 Å². The number of carbonyl (C=O) groups is 2. The van der Waals surface area contributed by atoms with Crippen molar-refractivity contribution in [2.24, 2.45) is 0 Å². The van der Waals surface area contributed by atoms with Crippen molar-refractivity contribution in [1.29, 1.82) is 0 Å². The number of ether oxygens (including phenoxy) is 2. The SMILES string of the molecule is COC(=O)C(C)c1cn(C(=O)OC(C)(C)C)c2cccc(C3CC3)c12. The molecule has 5 heteroatoms. The average molecular weight is 343 g/mol. The van der Waals surface area contributed by atoms with E-state index in [0.29, 0.717) is 5.92 Å². The van der Waals surface area contributed by atoms with Gasteiger partial charge in [-0.15, -0.1) is 0 Å². The van der Waals surface area contributed by atoms with Crippen molar-refractivity contribution in [3.05, 3.63) is 35.5 Å². The maximum absolute atomic E-state index is 12.7. The van der Waals surface area contributed by atoms with Crippen molar-refractivity contribution < 1.29 is 19.1 Å². The second-order valence-electron chi connectivity index (χ2n) is 7.70. The third-order valence-electron chi connectivity index (χ3n) is 4.52. The van der Waals surface area contributed by atoms with Crippen LogP contribution in [0.2, 0.25) is 0 Å². The highest BCUT2D eigenvalue weighted by Gasteiger charge is 2.31. The van der Waals surface area contributed by atoms with E-state index in [9.17, 15) is 9.59 Å². The molecule has 1 heterocycles. The Morgan fingerprint density at radius 2 is 1.92 bits per heavy atom. The fourth-order valence-electron chi connectivity index (χ4n) is 3.17. The summed E-state index contributed by atoms with van der Waals surface area (Å²) in [5.74, 6) is -0.258. The summed E-state index contributed by atoms with van der Waals surface area (Å²) in [6.07, 6.45) is 3.58. The number of nitrogens with zero attached hydrogens (tertiary/aromatic N) is 1. The molecule has 1 aliphatic carbocycles. The Kier molecular flexibility index (Phi) is 4.35. The molecule has 3 rings (SSSR count). The van der Waals surface area contributed by atoms with Gasteiger partial charge >= 0.3 is 12.1 Å². The van der Waals surface area contributed by atoms with Crippen molar-refractivity contribution in [3.63, 3.8) is 0 Å². The highest BCUT2D eigenvalue weighted by atomic mass is 16.6. The van der Waals surface area contributed by atoms with Crippen LogP contribution in [-0.2, 0) is 14.3 Å². The number of methoxy groups -OCH3 is 1. The van der Waals surface area contributed by atoms with Gasteiger partial charge in [-0.3, -0.25) is 9.36 Å². The Balaban J connectivity index is 2.17. The third-order valence-corrected chi connectivity index (χ3v) is 4.52. The first-order chi connectivity index (χ1) is 11.7. The number of aromatic nitrogens is 1. The first kappa shape index (κ1) is 17.5. The van der Waals surface area contributed by atoms with E-state index in [-0.39, 0.29) is 5.97 Å². The number of carbonyl (C=O) groups excluding carboxylic acids is 2. The molecular weight excluding hydrogens is 318 g/mol. The van der Waals surface area contributed by atoms with Gasteiger partial charge in [0.2, 0.25) is 0 Å². The van der Waals surface area contributed by atoms with Gasteiger partial charge in [-0.05, 0) is 63.6 Å². The highest BCUT2D eigenvalue weighted by Crippen LogP contribution is 2.45. The van der Waals surface area contributed by atoms with Crippen molar-refractivity contribution >= 4 is 23.0 Å². The van der Waals surface area contributed by atoms with E-state index in [1.54, 1.807) is 6.20 Å². The Morgan fingerprint density at radius 3 is 2.48 bits per heavy atom. The number of hydrogen-bond acceptors (Lipinski definition) is 4. The van der Waals surface area contributed by atoms with Crippen LogP contribution in [-0.4, -0.2) is 29.3 Å². The Morgan fingerprint density at radius 1 is 1.24 bits per heavy atom. The molecule has 2 aromatic rings. The molecule has 1 unspecified atom stereocenters. The lowest BCUT2D eigenvalue weighted by atomic mass is 9.95. The first-order valence-electron chi connectivity index (χ1n) is 8.68. The van der Waals surface area contributed by atoms with Gasteiger partial charge in [0.15, 0.2) is 0 Å². The highest BCUT2D eigenvalue weighted by molar-refractivity contribution is 5.97. The zero-order chi connectivity index (χ0) is 18.4. The second-order valence-corrected chi connectivity index (χ2v) is 7.70. The molecule has 1 aromatic heterocycles. The third kappa shape index (κ3) is 3.41. The zero-order valence-corrected chi connectivity index (χ0v) is 15.5. The summed E-state index contributed by atoms with van der Waals surface area (Å²) in [6.45, 7) is 7.32. The maximum Gasteiger partial charge on any atom is 0.419 e. The minimum Gasteiger partial charge on any atom is -0.469 e. The molecule has 5 nitrogen and oxygen atoms in total.